The van der Waals surface area contributed by atoms with E-state index in [0.29, 0.717) is 5.57 Å². The first-order valence-electron chi connectivity index (χ1n) is 6.58. The van der Waals surface area contributed by atoms with Crippen LogP contribution >= 0.6 is 0 Å². The number of nitrogens with zero attached hydrogens (tertiary/aromatic N) is 1. The molecular weight excluding hydrogens is 254 g/mol. The largest absolute Gasteiger partial charge is 0.870 e. The van der Waals surface area contributed by atoms with Crippen LogP contribution in [0.1, 0.15) is 20.3 Å². The van der Waals surface area contributed by atoms with Crippen molar-refractivity contribution in [1.82, 2.24) is 4.48 Å². The summed E-state index contributed by atoms with van der Waals surface area (Å²) in [6, 6.07) is 10.3. The predicted octanol–water partition coefficient (Wildman–Crippen LogP) is 2.97. The van der Waals surface area contributed by atoms with Crippen molar-refractivity contribution >= 4 is 11.7 Å². The van der Waals surface area contributed by atoms with Gasteiger partial charge in [-0.25, -0.2) is 4.79 Å². The van der Waals surface area contributed by atoms with Crippen LogP contribution in [0.25, 0.3) is 0 Å². The normalized spacial score (nSPS) is 12.2. The Balaban J connectivity index is 0.00000361. The lowest BCUT2D eigenvalue weighted by Gasteiger charge is -2.30. The molecule has 0 aliphatic carbocycles. The zero-order valence-electron chi connectivity index (χ0n) is 12.8. The molecule has 0 amide bonds. The van der Waals surface area contributed by atoms with Gasteiger partial charge in [0.1, 0.15) is 11.8 Å². The summed E-state index contributed by atoms with van der Waals surface area (Å²) in [5.74, 6) is -0.308. The van der Waals surface area contributed by atoms with E-state index in [0.717, 1.165) is 17.4 Å². The molecule has 20 heavy (non-hydrogen) atoms. The van der Waals surface area contributed by atoms with Crippen LogP contribution in [0.15, 0.2) is 42.5 Å². The molecule has 1 atom stereocenters. The Labute approximate surface area is 121 Å². The minimum Gasteiger partial charge on any atom is -0.870 e. The Morgan fingerprint density at radius 1 is 1.30 bits per heavy atom. The molecule has 0 spiro atoms. The molecule has 112 valence electrons. The standard InChI is InChI=1S/C16H24NO2.H2O/c1-13(2)16(18)19-14(3)11-12-17(4,5)15-9-7-6-8-10-15;/h6-10,14H,1,11-12H2,2-5H3;1H2/q+1;/p-1. The number of carbonyl (C=O) groups is 1. The van der Waals surface area contributed by atoms with E-state index in [4.69, 9.17) is 4.74 Å². The molecular formula is C16H25NO3. The lowest BCUT2D eigenvalue weighted by Crippen LogP contribution is -2.42. The van der Waals surface area contributed by atoms with Gasteiger partial charge >= 0.3 is 5.97 Å². The van der Waals surface area contributed by atoms with Crippen LogP contribution in [0.3, 0.4) is 0 Å². The summed E-state index contributed by atoms with van der Waals surface area (Å²) < 4.78 is 6.07. The number of hydrogen-bond donors (Lipinski definition) is 0. The highest BCUT2D eigenvalue weighted by atomic mass is 16.5. The lowest BCUT2D eigenvalue weighted by atomic mass is 10.2. The number of hydrogen-bond acceptors (Lipinski definition) is 3. The third-order valence-corrected chi connectivity index (χ3v) is 3.21. The smallest absolute Gasteiger partial charge is 0.333 e. The van der Waals surface area contributed by atoms with E-state index in [1.807, 2.05) is 25.1 Å². The van der Waals surface area contributed by atoms with Crippen molar-refractivity contribution in [3.05, 3.63) is 42.5 Å². The second-order valence-corrected chi connectivity index (χ2v) is 5.53. The number of rotatable bonds is 6. The molecule has 0 radical (unpaired) electrons. The zero-order valence-corrected chi connectivity index (χ0v) is 12.8. The molecule has 0 bridgehead atoms. The fourth-order valence-corrected chi connectivity index (χ4v) is 1.81. The van der Waals surface area contributed by atoms with Crippen LogP contribution in [0.5, 0.6) is 0 Å². The van der Waals surface area contributed by atoms with Crippen molar-refractivity contribution in [3.63, 3.8) is 0 Å². The Morgan fingerprint density at radius 3 is 2.35 bits per heavy atom. The topological polar surface area (TPSA) is 56.3 Å². The first kappa shape index (κ1) is 18.4. The second kappa shape index (κ2) is 7.82. The molecule has 0 aromatic heterocycles. The second-order valence-electron chi connectivity index (χ2n) is 5.53. The summed E-state index contributed by atoms with van der Waals surface area (Å²) in [5.41, 5.74) is 1.70. The summed E-state index contributed by atoms with van der Waals surface area (Å²) in [6.07, 6.45) is 0.728. The number of benzene rings is 1. The van der Waals surface area contributed by atoms with Gasteiger partial charge in [-0.1, -0.05) is 24.8 Å². The Morgan fingerprint density at radius 2 is 1.85 bits per heavy atom. The van der Waals surface area contributed by atoms with Gasteiger partial charge in [0.2, 0.25) is 0 Å². The lowest BCUT2D eigenvalue weighted by molar-refractivity contribution is -0.143. The van der Waals surface area contributed by atoms with Gasteiger partial charge in [0, 0.05) is 12.0 Å². The summed E-state index contributed by atoms with van der Waals surface area (Å²) in [6.45, 7) is 8.09. The van der Waals surface area contributed by atoms with Gasteiger partial charge in [0.05, 0.1) is 20.6 Å². The number of quaternary nitrogens is 1. The maximum absolute atomic E-state index is 11.4. The highest BCUT2D eigenvalue weighted by Crippen LogP contribution is 2.19. The Kier molecular flexibility index (Phi) is 7.18. The molecule has 1 rings (SSSR count). The van der Waals surface area contributed by atoms with E-state index in [1.54, 1.807) is 6.92 Å². The van der Waals surface area contributed by atoms with Crippen LogP contribution in [-0.2, 0) is 9.53 Å². The molecule has 0 aliphatic rings. The monoisotopic (exact) mass is 279 g/mol. The summed E-state index contributed by atoms with van der Waals surface area (Å²) >= 11 is 0. The Bertz CT molecular complexity index is 440. The first-order valence-corrected chi connectivity index (χ1v) is 6.58. The van der Waals surface area contributed by atoms with Crippen LogP contribution < -0.4 is 4.48 Å². The highest BCUT2D eigenvalue weighted by Gasteiger charge is 2.20. The van der Waals surface area contributed by atoms with Gasteiger partial charge in [0.15, 0.2) is 0 Å². The molecule has 4 heteroatoms. The molecule has 1 unspecified atom stereocenters. The molecule has 1 N–H and O–H groups in total. The summed E-state index contributed by atoms with van der Waals surface area (Å²) in [7, 11) is 4.31. The van der Waals surface area contributed by atoms with Crippen LogP contribution in [-0.4, -0.2) is 38.2 Å². The molecule has 1 aromatic rings. The average molecular weight is 279 g/mol. The van der Waals surface area contributed by atoms with Crippen LogP contribution in [0.4, 0.5) is 5.69 Å². The molecule has 4 nitrogen and oxygen atoms in total. The highest BCUT2D eigenvalue weighted by molar-refractivity contribution is 5.87. The fourth-order valence-electron chi connectivity index (χ4n) is 1.81. The third-order valence-electron chi connectivity index (χ3n) is 3.21. The molecule has 0 saturated carbocycles. The minimum atomic E-state index is -0.308. The van der Waals surface area contributed by atoms with Gasteiger partial charge in [-0.3, -0.25) is 4.48 Å². The minimum absolute atomic E-state index is 0. The molecule has 1 aromatic carbocycles. The average Bonchev–Trinajstić information content (AvgIpc) is 2.37. The number of para-hydroxylation sites is 1. The van der Waals surface area contributed by atoms with Crippen molar-refractivity contribution in [2.75, 3.05) is 20.6 Å². The van der Waals surface area contributed by atoms with E-state index in [2.05, 4.69) is 32.8 Å². The van der Waals surface area contributed by atoms with Crippen LogP contribution in [0, 0.1) is 0 Å². The van der Waals surface area contributed by atoms with Gasteiger partial charge < -0.3 is 10.2 Å². The molecule has 0 fully saturated rings. The quantitative estimate of drug-likeness (QED) is 0.457. The van der Waals surface area contributed by atoms with Crippen molar-refractivity contribution in [3.8, 4) is 0 Å². The van der Waals surface area contributed by atoms with Crippen molar-refractivity contribution in [2.45, 2.75) is 26.4 Å². The molecule has 0 aliphatic heterocycles. The number of carbonyl (C=O) groups excluding carboxylic acids is 1. The van der Waals surface area contributed by atoms with E-state index in [9.17, 15) is 4.79 Å². The first-order chi connectivity index (χ1) is 8.83. The summed E-state index contributed by atoms with van der Waals surface area (Å²) in [5, 5.41) is 0. The number of ether oxygens (including phenoxy) is 1. The van der Waals surface area contributed by atoms with E-state index in [-0.39, 0.29) is 17.5 Å². The third kappa shape index (κ3) is 5.55. The van der Waals surface area contributed by atoms with E-state index in [1.165, 1.54) is 5.69 Å². The Hall–Kier alpha value is -1.65. The molecule has 0 heterocycles. The fraction of sp³-hybridized carbons (Fsp3) is 0.438. The van der Waals surface area contributed by atoms with Crippen LogP contribution in [0.2, 0.25) is 0 Å². The van der Waals surface area contributed by atoms with Crippen molar-refractivity contribution < 1.29 is 15.0 Å². The zero-order chi connectivity index (χ0) is 14.5. The van der Waals surface area contributed by atoms with E-state index >= 15 is 0 Å². The van der Waals surface area contributed by atoms with Crippen molar-refractivity contribution in [2.24, 2.45) is 0 Å². The predicted molar refractivity (Wildman–Crippen MR) is 81.9 cm³/mol. The van der Waals surface area contributed by atoms with Gasteiger partial charge in [-0.2, -0.15) is 0 Å². The van der Waals surface area contributed by atoms with Gasteiger partial charge in [-0.05, 0) is 26.0 Å². The van der Waals surface area contributed by atoms with Gasteiger partial charge in [-0.15, -0.1) is 0 Å². The maximum Gasteiger partial charge on any atom is 0.333 e. The molecule has 0 saturated heterocycles. The number of esters is 1. The summed E-state index contributed by atoms with van der Waals surface area (Å²) in [4.78, 5) is 11.4. The SMILES string of the molecule is C=C(C)C(=O)OC(C)CC[N+](C)(C)c1ccccc1.[OH-]. The van der Waals surface area contributed by atoms with E-state index < -0.39 is 0 Å². The van der Waals surface area contributed by atoms with Crippen molar-refractivity contribution in [1.29, 1.82) is 0 Å². The maximum atomic E-state index is 11.4. The van der Waals surface area contributed by atoms with Gasteiger partial charge in [0.25, 0.3) is 0 Å².